The predicted octanol–water partition coefficient (Wildman–Crippen LogP) is 1.65. The van der Waals surface area contributed by atoms with Crippen molar-refractivity contribution >= 4 is 5.91 Å². The monoisotopic (exact) mass is 213 g/mol. The number of aliphatic hydroxyl groups is 1. The number of nitrogens with zero attached hydrogens (tertiary/aromatic N) is 1. The van der Waals surface area contributed by atoms with E-state index in [4.69, 9.17) is 5.11 Å². The zero-order chi connectivity index (χ0) is 11.3. The van der Waals surface area contributed by atoms with Gasteiger partial charge in [0.2, 0.25) is 5.91 Å². The lowest BCUT2D eigenvalue weighted by molar-refractivity contribution is -0.133. The number of carbonyl (C=O) groups is 1. The Morgan fingerprint density at radius 1 is 1.40 bits per heavy atom. The van der Waals surface area contributed by atoms with Gasteiger partial charge in [-0.15, -0.1) is 0 Å². The third-order valence-electron chi connectivity index (χ3n) is 3.38. The second-order valence-corrected chi connectivity index (χ2v) is 4.79. The summed E-state index contributed by atoms with van der Waals surface area (Å²) in [6, 6.07) is 0. The molecule has 1 aliphatic rings. The molecule has 0 unspecified atom stereocenters. The van der Waals surface area contributed by atoms with E-state index in [1.807, 2.05) is 4.90 Å². The molecule has 0 aliphatic carbocycles. The van der Waals surface area contributed by atoms with Crippen molar-refractivity contribution in [1.29, 1.82) is 0 Å². The zero-order valence-corrected chi connectivity index (χ0v) is 9.91. The number of hydrogen-bond acceptors (Lipinski definition) is 2. The Morgan fingerprint density at radius 2 is 2.00 bits per heavy atom. The van der Waals surface area contributed by atoms with Crippen LogP contribution in [0.3, 0.4) is 0 Å². The van der Waals surface area contributed by atoms with Gasteiger partial charge in [0.15, 0.2) is 0 Å². The molecule has 0 aromatic rings. The van der Waals surface area contributed by atoms with Crippen molar-refractivity contribution in [2.45, 2.75) is 39.5 Å². The minimum absolute atomic E-state index is 0.119. The lowest BCUT2D eigenvalue weighted by Gasteiger charge is -2.33. The molecule has 1 saturated heterocycles. The van der Waals surface area contributed by atoms with Gasteiger partial charge in [0.25, 0.3) is 0 Å². The Balaban J connectivity index is 2.27. The first-order chi connectivity index (χ1) is 7.15. The van der Waals surface area contributed by atoms with E-state index in [-0.39, 0.29) is 12.5 Å². The molecule has 0 saturated carbocycles. The molecule has 0 bridgehead atoms. The van der Waals surface area contributed by atoms with Crippen molar-refractivity contribution in [1.82, 2.24) is 4.90 Å². The first kappa shape index (κ1) is 12.5. The summed E-state index contributed by atoms with van der Waals surface area (Å²) in [5, 5.41) is 8.66. The summed E-state index contributed by atoms with van der Waals surface area (Å²) in [7, 11) is 0. The molecular formula is C12H23NO2. The van der Waals surface area contributed by atoms with Gasteiger partial charge in [-0.2, -0.15) is 0 Å². The largest absolute Gasteiger partial charge is 0.396 e. The summed E-state index contributed by atoms with van der Waals surface area (Å²) in [6.45, 7) is 6.45. The molecule has 15 heavy (non-hydrogen) atoms. The number of likely N-dealkylation sites (tertiary alicyclic amines) is 1. The van der Waals surface area contributed by atoms with Crippen molar-refractivity contribution < 1.29 is 9.90 Å². The highest BCUT2D eigenvalue weighted by Gasteiger charge is 2.23. The zero-order valence-electron chi connectivity index (χ0n) is 9.91. The fraction of sp³-hybridized carbons (Fsp3) is 0.917. The fourth-order valence-corrected chi connectivity index (χ4v) is 2.20. The van der Waals surface area contributed by atoms with Gasteiger partial charge < -0.3 is 10.0 Å². The predicted molar refractivity (Wildman–Crippen MR) is 60.5 cm³/mol. The van der Waals surface area contributed by atoms with E-state index < -0.39 is 0 Å². The molecular weight excluding hydrogens is 190 g/mol. The van der Waals surface area contributed by atoms with Crippen LogP contribution < -0.4 is 0 Å². The molecule has 1 fully saturated rings. The molecule has 0 spiro atoms. The first-order valence-corrected chi connectivity index (χ1v) is 6.03. The second-order valence-electron chi connectivity index (χ2n) is 4.79. The lowest BCUT2D eigenvalue weighted by atomic mass is 9.86. The molecule has 0 radical (unpaired) electrons. The summed E-state index contributed by atoms with van der Waals surface area (Å²) < 4.78 is 0. The number of carbonyl (C=O) groups excluding carboxylic acids is 1. The SMILES string of the molecule is CC(C)C1CCN(C(=O)CCCO)CC1. The minimum atomic E-state index is 0.119. The fourth-order valence-electron chi connectivity index (χ4n) is 2.20. The van der Waals surface area contributed by atoms with E-state index in [1.165, 1.54) is 0 Å². The molecule has 3 heteroatoms. The van der Waals surface area contributed by atoms with Crippen molar-refractivity contribution in [3.05, 3.63) is 0 Å². The maximum absolute atomic E-state index is 11.6. The van der Waals surface area contributed by atoms with Gasteiger partial charge in [0, 0.05) is 26.1 Å². The number of piperidine rings is 1. The van der Waals surface area contributed by atoms with Crippen LogP contribution in [0.4, 0.5) is 0 Å². The topological polar surface area (TPSA) is 40.5 Å². The van der Waals surface area contributed by atoms with Crippen LogP contribution in [0.5, 0.6) is 0 Å². The summed E-state index contributed by atoms with van der Waals surface area (Å²) in [6.07, 6.45) is 3.39. The Labute approximate surface area is 92.5 Å². The second kappa shape index (κ2) is 6.11. The Hall–Kier alpha value is -0.570. The van der Waals surface area contributed by atoms with Crippen LogP contribution in [0, 0.1) is 11.8 Å². The third kappa shape index (κ3) is 3.82. The van der Waals surface area contributed by atoms with Crippen LogP contribution in [0.15, 0.2) is 0 Å². The van der Waals surface area contributed by atoms with E-state index >= 15 is 0 Å². The Bertz CT molecular complexity index is 196. The highest BCUT2D eigenvalue weighted by Crippen LogP contribution is 2.24. The van der Waals surface area contributed by atoms with Gasteiger partial charge in [-0.25, -0.2) is 0 Å². The van der Waals surface area contributed by atoms with Crippen LogP contribution in [-0.4, -0.2) is 35.6 Å². The summed E-state index contributed by atoms with van der Waals surface area (Å²) in [4.78, 5) is 13.6. The number of aliphatic hydroxyl groups excluding tert-OH is 1. The van der Waals surface area contributed by atoms with Gasteiger partial charge in [0.1, 0.15) is 0 Å². The van der Waals surface area contributed by atoms with E-state index in [1.54, 1.807) is 0 Å². The number of amides is 1. The summed E-state index contributed by atoms with van der Waals surface area (Å²) in [5.41, 5.74) is 0. The maximum Gasteiger partial charge on any atom is 0.222 e. The van der Waals surface area contributed by atoms with Gasteiger partial charge in [-0.3, -0.25) is 4.79 Å². The van der Waals surface area contributed by atoms with E-state index in [9.17, 15) is 4.79 Å². The summed E-state index contributed by atoms with van der Waals surface area (Å²) in [5.74, 6) is 1.73. The van der Waals surface area contributed by atoms with Gasteiger partial charge in [-0.05, 0) is 31.1 Å². The number of rotatable bonds is 4. The molecule has 1 N–H and O–H groups in total. The molecule has 1 aliphatic heterocycles. The van der Waals surface area contributed by atoms with Crippen LogP contribution in [-0.2, 0) is 4.79 Å². The van der Waals surface area contributed by atoms with Gasteiger partial charge in [0.05, 0.1) is 0 Å². The molecule has 1 amide bonds. The molecule has 0 aromatic carbocycles. The third-order valence-corrected chi connectivity index (χ3v) is 3.38. The number of hydrogen-bond donors (Lipinski definition) is 1. The highest BCUT2D eigenvalue weighted by molar-refractivity contribution is 5.76. The molecule has 1 rings (SSSR count). The molecule has 0 atom stereocenters. The van der Waals surface area contributed by atoms with E-state index in [0.29, 0.717) is 12.8 Å². The summed E-state index contributed by atoms with van der Waals surface area (Å²) >= 11 is 0. The van der Waals surface area contributed by atoms with Crippen LogP contribution in [0.2, 0.25) is 0 Å². The molecule has 3 nitrogen and oxygen atoms in total. The normalized spacial score (nSPS) is 18.5. The van der Waals surface area contributed by atoms with Gasteiger partial charge in [-0.1, -0.05) is 13.8 Å². The standard InChI is InChI=1S/C12H23NO2/c1-10(2)11-5-7-13(8-6-11)12(15)4-3-9-14/h10-11,14H,3-9H2,1-2H3. The van der Waals surface area contributed by atoms with Crippen molar-refractivity contribution in [3.8, 4) is 0 Å². The minimum Gasteiger partial charge on any atom is -0.396 e. The average Bonchev–Trinajstić information content (AvgIpc) is 2.26. The average molecular weight is 213 g/mol. The first-order valence-electron chi connectivity index (χ1n) is 6.03. The van der Waals surface area contributed by atoms with Crippen LogP contribution in [0.25, 0.3) is 0 Å². The Kier molecular flexibility index (Phi) is 5.09. The van der Waals surface area contributed by atoms with Crippen molar-refractivity contribution in [2.75, 3.05) is 19.7 Å². The molecule has 1 heterocycles. The van der Waals surface area contributed by atoms with Crippen molar-refractivity contribution in [3.63, 3.8) is 0 Å². The molecule has 0 aromatic heterocycles. The van der Waals surface area contributed by atoms with Crippen molar-refractivity contribution in [2.24, 2.45) is 11.8 Å². The smallest absolute Gasteiger partial charge is 0.222 e. The highest BCUT2D eigenvalue weighted by atomic mass is 16.3. The maximum atomic E-state index is 11.6. The lowest BCUT2D eigenvalue weighted by Crippen LogP contribution is -2.39. The van der Waals surface area contributed by atoms with E-state index in [2.05, 4.69) is 13.8 Å². The van der Waals surface area contributed by atoms with Gasteiger partial charge >= 0.3 is 0 Å². The Morgan fingerprint density at radius 3 is 2.47 bits per heavy atom. The van der Waals surface area contributed by atoms with E-state index in [0.717, 1.165) is 37.8 Å². The quantitative estimate of drug-likeness (QED) is 0.771. The van der Waals surface area contributed by atoms with Crippen LogP contribution in [0.1, 0.15) is 39.5 Å². The molecule has 88 valence electrons. The van der Waals surface area contributed by atoms with Crippen LogP contribution >= 0.6 is 0 Å².